The number of carboxylic acids is 1. The summed E-state index contributed by atoms with van der Waals surface area (Å²) < 4.78 is 0. The van der Waals surface area contributed by atoms with Crippen molar-refractivity contribution in [3.05, 3.63) is 35.4 Å². The largest absolute Gasteiger partial charge is 0.478 e. The normalized spacial score (nSPS) is 9.33. The van der Waals surface area contributed by atoms with Crippen molar-refractivity contribution in [2.24, 2.45) is 0 Å². The van der Waals surface area contributed by atoms with Crippen LogP contribution in [0, 0.1) is 0 Å². The van der Waals surface area contributed by atoms with Crippen LogP contribution in [0.15, 0.2) is 24.3 Å². The summed E-state index contributed by atoms with van der Waals surface area (Å²) in [6.45, 7) is 0. The summed E-state index contributed by atoms with van der Waals surface area (Å²) in [7, 11) is 4.95. The molecule has 0 saturated heterocycles. The van der Waals surface area contributed by atoms with Gasteiger partial charge in [0.15, 0.2) is 7.85 Å². The second-order valence-electron chi connectivity index (χ2n) is 2.25. The fraction of sp³-hybridized carbons (Fsp3) is 0. The Balaban J connectivity index is 3.12. The number of hydrogen-bond acceptors (Lipinski definition) is 2. The van der Waals surface area contributed by atoms with Gasteiger partial charge in [-0.25, -0.2) is 4.79 Å². The van der Waals surface area contributed by atoms with Crippen molar-refractivity contribution >= 4 is 19.5 Å². The maximum Gasteiger partial charge on any atom is 0.335 e. The highest BCUT2D eigenvalue weighted by Gasteiger charge is 2.04. The van der Waals surface area contributed by atoms with Crippen molar-refractivity contribution < 1.29 is 14.7 Å². The Hall–Kier alpha value is -1.58. The molecule has 0 aliphatic carbocycles. The van der Waals surface area contributed by atoms with Gasteiger partial charge in [-0.05, 0) is 12.1 Å². The Bertz CT molecular complexity index is 304. The van der Waals surface area contributed by atoms with Gasteiger partial charge in [0, 0.05) is 5.56 Å². The monoisotopic (exact) mass is 160 g/mol. The lowest BCUT2D eigenvalue weighted by atomic mass is 9.94. The van der Waals surface area contributed by atoms with E-state index in [4.69, 9.17) is 13.0 Å². The highest BCUT2D eigenvalue weighted by molar-refractivity contribution is 6.62. The van der Waals surface area contributed by atoms with E-state index >= 15 is 0 Å². The van der Waals surface area contributed by atoms with E-state index in [0.717, 1.165) is 0 Å². The van der Waals surface area contributed by atoms with Crippen LogP contribution in [0.5, 0.6) is 0 Å². The van der Waals surface area contributed by atoms with Gasteiger partial charge >= 0.3 is 5.97 Å². The summed E-state index contributed by atoms with van der Waals surface area (Å²) in [6.07, 6.45) is 0. The second-order valence-corrected chi connectivity index (χ2v) is 2.25. The molecule has 0 saturated carbocycles. The Morgan fingerprint density at radius 2 is 1.83 bits per heavy atom. The smallest absolute Gasteiger partial charge is 0.335 e. The molecule has 0 heterocycles. The fourth-order valence-corrected chi connectivity index (χ4v) is 0.805. The lowest BCUT2D eigenvalue weighted by Gasteiger charge is -1.96. The summed E-state index contributed by atoms with van der Waals surface area (Å²) in [5.41, 5.74) is -0.362. The van der Waals surface area contributed by atoms with Crippen molar-refractivity contribution in [3.63, 3.8) is 0 Å². The molecule has 0 unspecified atom stereocenters. The summed E-state index contributed by atoms with van der Waals surface area (Å²) in [4.78, 5) is 21.0. The molecule has 2 radical (unpaired) electrons. The molecule has 58 valence electrons. The molecule has 0 aliphatic heterocycles. The van der Waals surface area contributed by atoms with Crippen molar-refractivity contribution in [2.75, 3.05) is 0 Å². The van der Waals surface area contributed by atoms with Gasteiger partial charge < -0.3 is 9.90 Å². The quantitative estimate of drug-likeness (QED) is 0.647. The zero-order chi connectivity index (χ0) is 9.14. The molecule has 1 rings (SSSR count). The molecule has 1 N–H and O–H groups in total. The molecule has 0 aliphatic rings. The molecule has 0 aromatic heterocycles. The van der Waals surface area contributed by atoms with E-state index in [0.29, 0.717) is 0 Å². The molecule has 0 fully saturated rings. The highest BCUT2D eigenvalue weighted by atomic mass is 16.4. The number of carboxylic acid groups (broad SMARTS) is 1. The second kappa shape index (κ2) is 3.22. The van der Waals surface area contributed by atoms with E-state index in [1.54, 1.807) is 0 Å². The molecule has 0 amide bonds. The van der Waals surface area contributed by atoms with Gasteiger partial charge in [-0.1, -0.05) is 12.1 Å². The van der Waals surface area contributed by atoms with Crippen molar-refractivity contribution in [3.8, 4) is 0 Å². The number of rotatable bonds is 2. The van der Waals surface area contributed by atoms with Crippen LogP contribution in [0.4, 0.5) is 0 Å². The molecule has 3 nitrogen and oxygen atoms in total. The van der Waals surface area contributed by atoms with Crippen LogP contribution >= 0.6 is 0 Å². The Morgan fingerprint density at radius 1 is 1.25 bits per heavy atom. The van der Waals surface area contributed by atoms with Crippen LogP contribution in [-0.4, -0.2) is 24.6 Å². The minimum atomic E-state index is -1.07. The predicted molar refractivity (Wildman–Crippen MR) is 43.5 cm³/mol. The standard InChI is InChI=1S/C8H5BO3/c9-7(10)5-2-1-3-6(4-5)8(11)12/h1-4H,(H,11,12). The zero-order valence-corrected chi connectivity index (χ0v) is 6.15. The van der Waals surface area contributed by atoms with Crippen LogP contribution in [0.2, 0.25) is 0 Å². The van der Waals surface area contributed by atoms with E-state index in [2.05, 4.69) is 0 Å². The summed E-state index contributed by atoms with van der Waals surface area (Å²) >= 11 is 0. The number of hydrogen-bond donors (Lipinski definition) is 1. The Labute approximate surface area is 70.4 Å². The van der Waals surface area contributed by atoms with Gasteiger partial charge in [0.25, 0.3) is 0 Å². The van der Waals surface area contributed by atoms with Crippen LogP contribution in [0.3, 0.4) is 0 Å². The van der Waals surface area contributed by atoms with E-state index in [-0.39, 0.29) is 11.1 Å². The Morgan fingerprint density at radius 3 is 2.33 bits per heavy atom. The number of benzene rings is 1. The number of carbonyl (C=O) groups excluding carboxylic acids is 1. The predicted octanol–water partition coefficient (Wildman–Crippen LogP) is 0.694. The Kier molecular flexibility index (Phi) is 2.28. The molecular formula is C8H5BO3. The molecule has 0 bridgehead atoms. The number of aromatic carboxylic acids is 1. The topological polar surface area (TPSA) is 54.4 Å². The van der Waals surface area contributed by atoms with Crippen LogP contribution < -0.4 is 0 Å². The van der Waals surface area contributed by atoms with E-state index in [1.807, 2.05) is 0 Å². The van der Waals surface area contributed by atoms with E-state index in [9.17, 15) is 9.59 Å². The zero-order valence-electron chi connectivity index (χ0n) is 6.15. The molecule has 12 heavy (non-hydrogen) atoms. The third kappa shape index (κ3) is 1.72. The lowest BCUT2D eigenvalue weighted by molar-refractivity contribution is 0.0697. The average molecular weight is 160 g/mol. The van der Waals surface area contributed by atoms with E-state index in [1.165, 1.54) is 24.3 Å². The van der Waals surface area contributed by atoms with Gasteiger partial charge in [0.2, 0.25) is 0 Å². The lowest BCUT2D eigenvalue weighted by Crippen LogP contribution is -2.01. The summed E-state index contributed by atoms with van der Waals surface area (Å²) in [5.74, 6) is -1.07. The first kappa shape index (κ1) is 8.52. The van der Waals surface area contributed by atoms with E-state index < -0.39 is 11.7 Å². The maximum atomic E-state index is 10.6. The van der Waals surface area contributed by atoms with Crippen LogP contribution in [0.25, 0.3) is 0 Å². The van der Waals surface area contributed by atoms with Crippen molar-refractivity contribution in [1.82, 2.24) is 0 Å². The highest BCUT2D eigenvalue weighted by Crippen LogP contribution is 2.04. The number of carbonyl (C=O) groups is 2. The molecular weight excluding hydrogens is 155 g/mol. The first-order chi connectivity index (χ1) is 5.61. The molecule has 1 aromatic rings. The van der Waals surface area contributed by atoms with Gasteiger partial charge in [-0.3, -0.25) is 0 Å². The van der Waals surface area contributed by atoms with Gasteiger partial charge in [0.1, 0.15) is 5.68 Å². The SMILES string of the molecule is [B]C(=O)c1cccc(C(=O)O)c1. The van der Waals surface area contributed by atoms with Gasteiger partial charge in [-0.2, -0.15) is 0 Å². The molecule has 0 atom stereocenters. The van der Waals surface area contributed by atoms with Crippen LogP contribution in [-0.2, 0) is 0 Å². The average Bonchev–Trinajstić information content (AvgIpc) is 2.04. The fourth-order valence-electron chi connectivity index (χ4n) is 0.805. The first-order valence-electron chi connectivity index (χ1n) is 3.24. The molecule has 0 spiro atoms. The minimum Gasteiger partial charge on any atom is -0.478 e. The molecule has 1 aromatic carbocycles. The van der Waals surface area contributed by atoms with Crippen molar-refractivity contribution in [2.45, 2.75) is 0 Å². The third-order valence-corrected chi connectivity index (χ3v) is 1.39. The maximum absolute atomic E-state index is 10.6. The van der Waals surface area contributed by atoms with Gasteiger partial charge in [-0.15, -0.1) is 0 Å². The summed E-state index contributed by atoms with van der Waals surface area (Å²) in [6, 6.07) is 5.58. The molecule has 4 heteroatoms. The van der Waals surface area contributed by atoms with Crippen LogP contribution in [0.1, 0.15) is 20.7 Å². The summed E-state index contributed by atoms with van der Waals surface area (Å²) in [5, 5.41) is 8.54. The third-order valence-electron chi connectivity index (χ3n) is 1.39. The van der Waals surface area contributed by atoms with Crippen molar-refractivity contribution in [1.29, 1.82) is 0 Å². The van der Waals surface area contributed by atoms with Gasteiger partial charge in [0.05, 0.1) is 5.56 Å². The first-order valence-corrected chi connectivity index (χ1v) is 3.24. The minimum absolute atomic E-state index is 0.0614.